The highest BCUT2D eigenvalue weighted by molar-refractivity contribution is 5.94. The van der Waals surface area contributed by atoms with Gasteiger partial charge in [-0.2, -0.15) is 4.98 Å². The van der Waals surface area contributed by atoms with Crippen LogP contribution in [0.15, 0.2) is 60.8 Å². The van der Waals surface area contributed by atoms with E-state index in [4.69, 9.17) is 0 Å². The molecule has 7 nitrogen and oxygen atoms in total. The molecule has 0 spiro atoms. The van der Waals surface area contributed by atoms with Crippen molar-refractivity contribution in [2.45, 2.75) is 6.61 Å². The molecule has 0 atom stereocenters. The molecule has 2 heterocycles. The van der Waals surface area contributed by atoms with Crippen LogP contribution in [0.4, 0.5) is 16.0 Å². The minimum absolute atomic E-state index is 0.0799. The zero-order chi connectivity index (χ0) is 21.3. The molecule has 0 fully saturated rings. The van der Waals surface area contributed by atoms with Crippen molar-refractivity contribution >= 4 is 23.2 Å². The number of aliphatic hydroxyl groups excluding tert-OH is 1. The van der Waals surface area contributed by atoms with E-state index in [-0.39, 0.29) is 18.3 Å². The van der Waals surface area contributed by atoms with Crippen LogP contribution in [0.5, 0.6) is 0 Å². The maximum absolute atomic E-state index is 13.8. The molecule has 0 saturated heterocycles. The standard InChI is InChI=1S/C22H20FN5O2/c1-27(2)21(30)14-6-8-18(9-7-14)24-22-25-20-19(15-4-3-5-17(23)12-15)16(13-29)10-11-28(20)26-22/h3-12,29H,13H2,1-2H3,(H,24,26). The van der Waals surface area contributed by atoms with Gasteiger partial charge in [-0.1, -0.05) is 12.1 Å². The van der Waals surface area contributed by atoms with E-state index < -0.39 is 0 Å². The SMILES string of the molecule is CN(C)C(=O)c1ccc(Nc2nc3c(-c4cccc(F)c4)c(CO)ccn3n2)cc1. The first kappa shape index (κ1) is 19.5. The van der Waals surface area contributed by atoms with Crippen molar-refractivity contribution < 1.29 is 14.3 Å². The summed E-state index contributed by atoms with van der Waals surface area (Å²) in [6.07, 6.45) is 1.70. The van der Waals surface area contributed by atoms with E-state index in [1.807, 2.05) is 0 Å². The van der Waals surface area contributed by atoms with E-state index in [0.717, 1.165) is 5.69 Å². The average molecular weight is 405 g/mol. The van der Waals surface area contributed by atoms with E-state index in [2.05, 4.69) is 15.4 Å². The summed E-state index contributed by atoms with van der Waals surface area (Å²) in [5, 5.41) is 17.3. The van der Waals surface area contributed by atoms with E-state index >= 15 is 0 Å². The Hall–Kier alpha value is -3.78. The van der Waals surface area contributed by atoms with Crippen molar-refractivity contribution in [1.29, 1.82) is 0 Å². The fourth-order valence-electron chi connectivity index (χ4n) is 3.21. The summed E-state index contributed by atoms with van der Waals surface area (Å²) in [6.45, 7) is -0.209. The first-order valence-electron chi connectivity index (χ1n) is 9.30. The predicted molar refractivity (Wildman–Crippen MR) is 112 cm³/mol. The fraction of sp³-hybridized carbons (Fsp3) is 0.136. The van der Waals surface area contributed by atoms with Crippen LogP contribution in [0.25, 0.3) is 16.8 Å². The summed E-state index contributed by atoms with van der Waals surface area (Å²) in [5.74, 6) is -0.110. The summed E-state index contributed by atoms with van der Waals surface area (Å²) in [7, 11) is 3.40. The normalized spacial score (nSPS) is 10.9. The molecule has 4 rings (SSSR count). The molecular weight excluding hydrogens is 385 g/mol. The zero-order valence-electron chi connectivity index (χ0n) is 16.5. The van der Waals surface area contributed by atoms with Crippen LogP contribution >= 0.6 is 0 Å². The molecule has 4 aromatic rings. The zero-order valence-corrected chi connectivity index (χ0v) is 16.5. The van der Waals surface area contributed by atoms with Crippen LogP contribution in [-0.2, 0) is 6.61 Å². The summed E-state index contributed by atoms with van der Waals surface area (Å²) >= 11 is 0. The van der Waals surface area contributed by atoms with Crippen molar-refractivity contribution in [3.8, 4) is 11.1 Å². The number of benzene rings is 2. The largest absolute Gasteiger partial charge is 0.392 e. The van der Waals surface area contributed by atoms with Crippen molar-refractivity contribution in [2.24, 2.45) is 0 Å². The highest BCUT2D eigenvalue weighted by Crippen LogP contribution is 2.29. The molecule has 0 bridgehead atoms. The average Bonchev–Trinajstić information content (AvgIpc) is 3.15. The summed E-state index contributed by atoms with van der Waals surface area (Å²) in [5.41, 5.74) is 3.64. The lowest BCUT2D eigenvalue weighted by molar-refractivity contribution is 0.0827. The summed E-state index contributed by atoms with van der Waals surface area (Å²) < 4.78 is 15.4. The van der Waals surface area contributed by atoms with Gasteiger partial charge in [0.2, 0.25) is 5.95 Å². The number of halogens is 1. The number of hydrogen-bond donors (Lipinski definition) is 2. The van der Waals surface area contributed by atoms with Crippen LogP contribution in [0.1, 0.15) is 15.9 Å². The van der Waals surface area contributed by atoms with Crippen LogP contribution in [0, 0.1) is 5.82 Å². The first-order chi connectivity index (χ1) is 14.5. The molecule has 2 aromatic carbocycles. The van der Waals surface area contributed by atoms with Crippen molar-refractivity contribution in [3.63, 3.8) is 0 Å². The quantitative estimate of drug-likeness (QED) is 0.531. The Morgan fingerprint density at radius 2 is 1.93 bits per heavy atom. The molecule has 1 amide bonds. The van der Waals surface area contributed by atoms with E-state index in [0.29, 0.717) is 33.8 Å². The minimum atomic E-state index is -0.372. The van der Waals surface area contributed by atoms with Crippen LogP contribution in [0.2, 0.25) is 0 Å². The summed E-state index contributed by atoms with van der Waals surface area (Å²) in [6, 6.07) is 14.9. The van der Waals surface area contributed by atoms with Gasteiger partial charge in [0.05, 0.1) is 6.61 Å². The summed E-state index contributed by atoms with van der Waals surface area (Å²) in [4.78, 5) is 18.1. The van der Waals surface area contributed by atoms with Gasteiger partial charge in [0.25, 0.3) is 5.91 Å². The number of rotatable bonds is 5. The second-order valence-electron chi connectivity index (χ2n) is 6.99. The second kappa shape index (κ2) is 7.92. The van der Waals surface area contributed by atoms with Gasteiger partial charge in [0.1, 0.15) is 5.82 Å². The van der Waals surface area contributed by atoms with Gasteiger partial charge in [-0.15, -0.1) is 5.10 Å². The molecular formula is C22H20FN5O2. The molecule has 152 valence electrons. The van der Waals surface area contributed by atoms with Gasteiger partial charge >= 0.3 is 0 Å². The van der Waals surface area contributed by atoms with Gasteiger partial charge in [0, 0.05) is 37.1 Å². The Morgan fingerprint density at radius 3 is 2.60 bits per heavy atom. The molecule has 0 aliphatic heterocycles. The number of aliphatic hydroxyl groups is 1. The molecule has 2 N–H and O–H groups in total. The van der Waals surface area contributed by atoms with Gasteiger partial charge in [-0.3, -0.25) is 4.79 Å². The third-order valence-corrected chi connectivity index (χ3v) is 4.67. The molecule has 2 aromatic heterocycles. The predicted octanol–water partition coefficient (Wildman–Crippen LogP) is 3.47. The minimum Gasteiger partial charge on any atom is -0.392 e. The monoisotopic (exact) mass is 405 g/mol. The van der Waals surface area contributed by atoms with Gasteiger partial charge < -0.3 is 15.3 Å². The number of hydrogen-bond acceptors (Lipinski definition) is 5. The van der Waals surface area contributed by atoms with Crippen molar-refractivity contribution in [1.82, 2.24) is 19.5 Å². The maximum Gasteiger partial charge on any atom is 0.253 e. The number of nitrogens with one attached hydrogen (secondary N) is 1. The number of carbonyl (C=O) groups excluding carboxylic acids is 1. The number of anilines is 2. The number of carbonyl (C=O) groups is 1. The molecule has 0 aliphatic rings. The highest BCUT2D eigenvalue weighted by Gasteiger charge is 2.15. The fourth-order valence-corrected chi connectivity index (χ4v) is 3.21. The van der Waals surface area contributed by atoms with E-state index in [9.17, 15) is 14.3 Å². The van der Waals surface area contributed by atoms with Crippen LogP contribution in [-0.4, -0.2) is 44.6 Å². The van der Waals surface area contributed by atoms with Crippen LogP contribution in [0.3, 0.4) is 0 Å². The van der Waals surface area contributed by atoms with E-state index in [1.165, 1.54) is 17.0 Å². The maximum atomic E-state index is 13.8. The van der Waals surface area contributed by atoms with Gasteiger partial charge in [-0.05, 0) is 53.6 Å². The lowest BCUT2D eigenvalue weighted by Crippen LogP contribution is -2.21. The van der Waals surface area contributed by atoms with E-state index in [1.54, 1.807) is 67.3 Å². The Bertz CT molecular complexity index is 1220. The van der Waals surface area contributed by atoms with Crippen LogP contribution < -0.4 is 5.32 Å². The van der Waals surface area contributed by atoms with Crippen molar-refractivity contribution in [2.75, 3.05) is 19.4 Å². The topological polar surface area (TPSA) is 82.8 Å². The molecule has 0 aliphatic carbocycles. The molecule has 30 heavy (non-hydrogen) atoms. The van der Waals surface area contributed by atoms with Crippen molar-refractivity contribution in [3.05, 3.63) is 77.7 Å². The number of fused-ring (bicyclic) bond motifs is 1. The number of pyridine rings is 1. The second-order valence-corrected chi connectivity index (χ2v) is 6.99. The Labute approximate surface area is 172 Å². The number of amides is 1. The number of aromatic nitrogens is 3. The lowest BCUT2D eigenvalue weighted by atomic mass is 10.0. The molecule has 0 radical (unpaired) electrons. The molecule has 0 saturated carbocycles. The third kappa shape index (κ3) is 3.72. The lowest BCUT2D eigenvalue weighted by Gasteiger charge is -2.10. The van der Waals surface area contributed by atoms with Gasteiger partial charge in [0.15, 0.2) is 5.65 Å². The highest BCUT2D eigenvalue weighted by atomic mass is 19.1. The Morgan fingerprint density at radius 1 is 1.17 bits per heavy atom. The third-order valence-electron chi connectivity index (χ3n) is 4.67. The first-order valence-corrected chi connectivity index (χ1v) is 9.30. The Kier molecular flexibility index (Phi) is 5.16. The smallest absolute Gasteiger partial charge is 0.253 e. The number of nitrogens with zero attached hydrogens (tertiary/aromatic N) is 4. The molecule has 8 heteroatoms. The van der Waals surface area contributed by atoms with Gasteiger partial charge in [-0.25, -0.2) is 8.91 Å². The molecule has 0 unspecified atom stereocenters. The Balaban J connectivity index is 1.70.